The molecule has 152 valence electrons. The van der Waals surface area contributed by atoms with Crippen LogP contribution in [0.15, 0.2) is 24.7 Å². The Morgan fingerprint density at radius 3 is 2.79 bits per heavy atom. The van der Waals surface area contributed by atoms with E-state index in [1.165, 1.54) is 0 Å². The largest absolute Gasteiger partial charge is 0.496 e. The van der Waals surface area contributed by atoms with Gasteiger partial charge < -0.3 is 24.1 Å². The molecule has 1 fully saturated rings. The van der Waals surface area contributed by atoms with Gasteiger partial charge in [0.15, 0.2) is 21.3 Å². The molecule has 2 aliphatic heterocycles. The predicted molar refractivity (Wildman–Crippen MR) is 105 cm³/mol. The lowest BCUT2D eigenvalue weighted by molar-refractivity contribution is 0.296. The Bertz CT molecular complexity index is 941. The highest BCUT2D eigenvalue weighted by Crippen LogP contribution is 2.41. The third kappa shape index (κ3) is 4.10. The molecule has 2 aromatic rings. The summed E-state index contributed by atoms with van der Waals surface area (Å²) in [4.78, 5) is 4.29. The fraction of sp³-hybridized carbons (Fsp3) is 0.526. The first-order valence-electron chi connectivity index (χ1n) is 9.48. The van der Waals surface area contributed by atoms with Crippen molar-refractivity contribution in [3.05, 3.63) is 24.7 Å². The molecule has 1 N–H and O–H groups in total. The van der Waals surface area contributed by atoms with E-state index >= 15 is 0 Å². The van der Waals surface area contributed by atoms with Gasteiger partial charge in [-0.05, 0) is 12.5 Å². The van der Waals surface area contributed by atoms with Gasteiger partial charge in [-0.3, -0.25) is 0 Å². The first kappa shape index (κ1) is 19.1. The Morgan fingerprint density at radius 1 is 1.29 bits per heavy atom. The summed E-state index contributed by atoms with van der Waals surface area (Å²) in [7, 11) is -1.25. The van der Waals surface area contributed by atoms with Crippen molar-refractivity contribution in [2.75, 3.05) is 38.4 Å². The predicted octanol–water partition coefficient (Wildman–Crippen LogP) is 1.50. The summed E-state index contributed by atoms with van der Waals surface area (Å²) in [6.45, 7) is 2.57. The lowest BCUT2D eigenvalue weighted by Crippen LogP contribution is -2.32. The molecule has 0 spiro atoms. The molecule has 4 rings (SSSR count). The molecule has 3 heterocycles. The number of fused-ring (bicyclic) bond motifs is 1. The van der Waals surface area contributed by atoms with Crippen LogP contribution in [0.25, 0.3) is 11.3 Å². The van der Waals surface area contributed by atoms with E-state index in [1.807, 2.05) is 16.7 Å². The van der Waals surface area contributed by atoms with Crippen molar-refractivity contribution in [2.24, 2.45) is 0 Å². The molecule has 8 nitrogen and oxygen atoms in total. The van der Waals surface area contributed by atoms with Gasteiger partial charge in [-0.2, -0.15) is 0 Å². The smallest absolute Gasteiger partial charge is 0.164 e. The Kier molecular flexibility index (Phi) is 5.45. The minimum Gasteiger partial charge on any atom is -0.496 e. The molecular formula is C19H25N3O5S. The number of ether oxygens (including phenoxy) is 3. The van der Waals surface area contributed by atoms with Crippen LogP contribution in [-0.4, -0.2) is 62.4 Å². The maximum Gasteiger partial charge on any atom is 0.164 e. The molecule has 0 radical (unpaired) electrons. The van der Waals surface area contributed by atoms with Crippen molar-refractivity contribution >= 4 is 9.84 Å². The zero-order chi connectivity index (χ0) is 19.6. The van der Waals surface area contributed by atoms with Gasteiger partial charge in [0.2, 0.25) is 0 Å². The third-order valence-electron chi connectivity index (χ3n) is 5.08. The van der Waals surface area contributed by atoms with Crippen LogP contribution in [0, 0.1) is 0 Å². The molecule has 9 heteroatoms. The van der Waals surface area contributed by atoms with Gasteiger partial charge in [0, 0.05) is 37.2 Å². The molecule has 1 atom stereocenters. The second-order valence-corrected chi connectivity index (χ2v) is 9.30. The van der Waals surface area contributed by atoms with E-state index in [2.05, 4.69) is 10.3 Å². The summed E-state index contributed by atoms with van der Waals surface area (Å²) >= 11 is 0. The Hall–Kier alpha value is -2.26. The van der Waals surface area contributed by atoms with Crippen LogP contribution in [0.5, 0.6) is 17.2 Å². The zero-order valence-corrected chi connectivity index (χ0v) is 16.7. The van der Waals surface area contributed by atoms with Gasteiger partial charge in [-0.25, -0.2) is 13.4 Å². The molecule has 0 unspecified atom stereocenters. The number of hydrogen-bond donors (Lipinski definition) is 1. The molecule has 2 aliphatic rings. The highest BCUT2D eigenvalue weighted by Gasteiger charge is 2.27. The topological polar surface area (TPSA) is 91.7 Å². The molecule has 0 bridgehead atoms. The molecule has 0 saturated carbocycles. The highest BCUT2D eigenvalue weighted by atomic mass is 32.2. The SMILES string of the molecule is COc1cc2c(cc1-c1cncn1CCN[C@@H]1CCS(=O)(=O)C1)OCCCO2. The summed E-state index contributed by atoms with van der Waals surface area (Å²) in [6, 6.07) is 3.82. The van der Waals surface area contributed by atoms with Gasteiger partial charge in [0.25, 0.3) is 0 Å². The zero-order valence-electron chi connectivity index (χ0n) is 15.9. The van der Waals surface area contributed by atoms with Crippen LogP contribution in [-0.2, 0) is 16.4 Å². The van der Waals surface area contributed by atoms with Crippen molar-refractivity contribution in [1.82, 2.24) is 14.9 Å². The van der Waals surface area contributed by atoms with E-state index < -0.39 is 9.84 Å². The third-order valence-corrected chi connectivity index (χ3v) is 6.84. The second-order valence-electron chi connectivity index (χ2n) is 7.08. The van der Waals surface area contributed by atoms with Gasteiger partial charge in [0.1, 0.15) is 5.75 Å². The van der Waals surface area contributed by atoms with Crippen LogP contribution < -0.4 is 19.5 Å². The number of nitrogens with one attached hydrogen (secondary N) is 1. The number of sulfone groups is 1. The summed E-state index contributed by atoms with van der Waals surface area (Å²) in [5.41, 5.74) is 1.79. The van der Waals surface area contributed by atoms with Gasteiger partial charge in [-0.1, -0.05) is 0 Å². The summed E-state index contributed by atoms with van der Waals surface area (Å²) in [5.74, 6) is 2.58. The van der Waals surface area contributed by atoms with Crippen LogP contribution in [0.2, 0.25) is 0 Å². The average Bonchev–Trinajstić information content (AvgIpc) is 3.20. The van der Waals surface area contributed by atoms with Crippen molar-refractivity contribution in [2.45, 2.75) is 25.4 Å². The van der Waals surface area contributed by atoms with E-state index in [0.29, 0.717) is 50.0 Å². The van der Waals surface area contributed by atoms with Crippen LogP contribution in [0.4, 0.5) is 0 Å². The second kappa shape index (κ2) is 8.00. The highest BCUT2D eigenvalue weighted by molar-refractivity contribution is 7.91. The molecule has 1 saturated heterocycles. The lowest BCUT2D eigenvalue weighted by atomic mass is 10.1. The summed E-state index contributed by atoms with van der Waals surface area (Å²) < 4.78 is 42.4. The standard InChI is InChI=1S/C19H25N3O5S/c1-25-17-10-19-18(26-6-2-7-27-19)9-15(17)16-11-20-13-22(16)5-4-21-14-3-8-28(23,24)12-14/h9-11,13-14,21H,2-8,12H2,1H3/t14-/m1/s1. The first-order chi connectivity index (χ1) is 13.6. The van der Waals surface area contributed by atoms with Crippen LogP contribution in [0.1, 0.15) is 12.8 Å². The fourth-order valence-corrected chi connectivity index (χ4v) is 5.34. The minimum atomic E-state index is -2.88. The van der Waals surface area contributed by atoms with Gasteiger partial charge in [-0.15, -0.1) is 0 Å². The summed E-state index contributed by atoms with van der Waals surface area (Å²) in [5, 5.41) is 3.34. The number of rotatable bonds is 6. The van der Waals surface area contributed by atoms with Crippen molar-refractivity contribution in [3.63, 3.8) is 0 Å². The molecule has 28 heavy (non-hydrogen) atoms. The molecular weight excluding hydrogens is 382 g/mol. The number of aromatic nitrogens is 2. The Morgan fingerprint density at radius 2 is 2.07 bits per heavy atom. The molecule has 0 aliphatic carbocycles. The number of benzene rings is 1. The maximum absolute atomic E-state index is 11.6. The number of hydrogen-bond acceptors (Lipinski definition) is 7. The monoisotopic (exact) mass is 407 g/mol. The number of methoxy groups -OCH3 is 1. The van der Waals surface area contributed by atoms with Gasteiger partial charge in [0.05, 0.1) is 50.0 Å². The van der Waals surface area contributed by atoms with E-state index in [-0.39, 0.29) is 17.5 Å². The van der Waals surface area contributed by atoms with Crippen molar-refractivity contribution < 1.29 is 22.6 Å². The van der Waals surface area contributed by atoms with E-state index in [9.17, 15) is 8.42 Å². The van der Waals surface area contributed by atoms with Crippen LogP contribution >= 0.6 is 0 Å². The Balaban J connectivity index is 1.51. The van der Waals surface area contributed by atoms with E-state index in [4.69, 9.17) is 14.2 Å². The number of nitrogens with zero attached hydrogens (tertiary/aromatic N) is 2. The van der Waals surface area contributed by atoms with E-state index in [1.54, 1.807) is 19.6 Å². The molecule has 1 aromatic heterocycles. The maximum atomic E-state index is 11.6. The lowest BCUT2D eigenvalue weighted by Gasteiger charge is -2.16. The quantitative estimate of drug-likeness (QED) is 0.776. The van der Waals surface area contributed by atoms with E-state index in [0.717, 1.165) is 17.7 Å². The normalized spacial score (nSPS) is 20.7. The molecule has 1 aromatic carbocycles. The van der Waals surface area contributed by atoms with Gasteiger partial charge >= 0.3 is 0 Å². The summed E-state index contributed by atoms with van der Waals surface area (Å²) in [6.07, 6.45) is 5.08. The average molecular weight is 407 g/mol. The minimum absolute atomic E-state index is 0.0320. The Labute approximate surface area is 164 Å². The first-order valence-corrected chi connectivity index (χ1v) is 11.3. The number of imidazole rings is 1. The van der Waals surface area contributed by atoms with Crippen molar-refractivity contribution in [3.8, 4) is 28.5 Å². The fourth-order valence-electron chi connectivity index (χ4n) is 3.63. The van der Waals surface area contributed by atoms with Crippen molar-refractivity contribution in [1.29, 1.82) is 0 Å². The van der Waals surface area contributed by atoms with Crippen LogP contribution in [0.3, 0.4) is 0 Å². The molecule has 0 amide bonds.